The van der Waals surface area contributed by atoms with E-state index in [4.69, 9.17) is 25.8 Å². The molecule has 2 aromatic heterocycles. The van der Waals surface area contributed by atoms with Crippen molar-refractivity contribution in [3.8, 4) is 5.69 Å². The molecule has 0 saturated carbocycles. The minimum Gasteiger partial charge on any atom is -0.399 e. The average molecular weight is 490 g/mol. The van der Waals surface area contributed by atoms with E-state index in [0.717, 1.165) is 15.9 Å². The Balaban J connectivity index is 1.74. The molecule has 0 aliphatic carbocycles. The summed E-state index contributed by atoms with van der Waals surface area (Å²) < 4.78 is 137. The van der Waals surface area contributed by atoms with E-state index in [1.807, 2.05) is 0 Å². The summed E-state index contributed by atoms with van der Waals surface area (Å²) in [5.41, 5.74) is -2.64. The second-order valence-electron chi connectivity index (χ2n) is 9.39. The van der Waals surface area contributed by atoms with Crippen molar-refractivity contribution in [3.63, 3.8) is 0 Å². The van der Waals surface area contributed by atoms with Crippen LogP contribution in [0.2, 0.25) is 0 Å². The van der Waals surface area contributed by atoms with E-state index >= 15 is 0 Å². The van der Waals surface area contributed by atoms with E-state index in [1.165, 1.54) is 0 Å². The molecule has 7 rings (SSSR count). The first-order valence-corrected chi connectivity index (χ1v) is 11.8. The number of nitrogens with zero attached hydrogens (tertiary/aromatic N) is 1. The predicted molar refractivity (Wildman–Crippen MR) is 149 cm³/mol. The number of aromatic nitrogens is 1. The van der Waals surface area contributed by atoms with Crippen LogP contribution in [0.3, 0.4) is 0 Å². The van der Waals surface area contributed by atoms with Crippen molar-refractivity contribution in [2.24, 2.45) is 0 Å². The van der Waals surface area contributed by atoms with Crippen LogP contribution >= 0.6 is 11.3 Å². The fraction of sp³-hybridized carbons (Fsp3) is 0.200. The zero-order valence-electron chi connectivity index (χ0n) is 33.2. The van der Waals surface area contributed by atoms with Gasteiger partial charge in [-0.05, 0) is 57.3 Å². The molecule has 3 nitrogen and oxygen atoms in total. The zero-order valence-corrected chi connectivity index (χ0v) is 20.1. The normalized spacial score (nSPS) is 22.9. The third-order valence-electron chi connectivity index (χ3n) is 6.81. The standard InChI is InChI=1S/C30H26BNO2S/c1-29(2)30(3,4)34-31(33-29)19-13-15-20(16-14-19)32-25-11-7-5-9-21(25)23-17-18-24-22-10-6-8-12-26(22)35-28(24)27(23)32/h5-18H,1-4H3/i5D,6D,7D,8D,9D,10D,11D,12D,13D,14D,15D,16D,17D,18D. The molecule has 0 unspecified atom stereocenters. The fourth-order valence-electron chi connectivity index (χ4n) is 4.29. The van der Waals surface area contributed by atoms with Crippen molar-refractivity contribution >= 4 is 65.9 Å². The Kier molecular flexibility index (Phi) is 2.32. The summed E-state index contributed by atoms with van der Waals surface area (Å²) in [4.78, 5) is 0. The molecule has 0 amide bonds. The predicted octanol–water partition coefficient (Wildman–Crippen LogP) is 7.45. The van der Waals surface area contributed by atoms with Crippen LogP contribution in [-0.2, 0) is 9.31 Å². The molecule has 35 heavy (non-hydrogen) atoms. The number of thiophene rings is 1. The Morgan fingerprint density at radius 1 is 0.714 bits per heavy atom. The fourth-order valence-corrected chi connectivity index (χ4v) is 5.40. The Labute approximate surface area is 228 Å². The molecule has 0 N–H and O–H groups in total. The van der Waals surface area contributed by atoms with Crippen molar-refractivity contribution in [2.75, 3.05) is 0 Å². The molecule has 5 heteroatoms. The number of para-hydroxylation sites is 1. The van der Waals surface area contributed by atoms with Gasteiger partial charge in [0.05, 0.1) is 46.1 Å². The Bertz CT molecular complexity index is 2480. The van der Waals surface area contributed by atoms with Gasteiger partial charge in [-0.25, -0.2) is 0 Å². The largest absolute Gasteiger partial charge is 0.494 e. The minimum atomic E-state index is -1.27. The van der Waals surface area contributed by atoms with E-state index in [2.05, 4.69) is 0 Å². The molecule has 0 spiro atoms. The number of rotatable bonds is 2. The Morgan fingerprint density at radius 3 is 2.09 bits per heavy atom. The molecule has 0 bridgehead atoms. The summed E-state index contributed by atoms with van der Waals surface area (Å²) in [5.74, 6) is 0. The van der Waals surface area contributed by atoms with E-state index in [9.17, 15) is 2.74 Å². The molecular weight excluding hydrogens is 449 g/mol. The highest BCUT2D eigenvalue weighted by Gasteiger charge is 2.51. The summed E-state index contributed by atoms with van der Waals surface area (Å²) in [7, 11) is -1.27. The van der Waals surface area contributed by atoms with Gasteiger partial charge >= 0.3 is 7.12 Å². The van der Waals surface area contributed by atoms with Gasteiger partial charge in [0.1, 0.15) is 0 Å². The summed E-state index contributed by atoms with van der Waals surface area (Å²) in [6, 6.07) is -7.55. The molecule has 6 aromatic rings. The lowest BCUT2D eigenvalue weighted by molar-refractivity contribution is 0.00578. The molecule has 1 aliphatic rings. The lowest BCUT2D eigenvalue weighted by Gasteiger charge is -2.32. The molecule has 0 radical (unpaired) electrons. The van der Waals surface area contributed by atoms with Gasteiger partial charge in [0.2, 0.25) is 0 Å². The number of benzene rings is 4. The first-order valence-electron chi connectivity index (χ1n) is 18.0. The maximum absolute atomic E-state index is 9.21. The first kappa shape index (κ1) is 11.3. The van der Waals surface area contributed by atoms with E-state index in [0.29, 0.717) is 0 Å². The summed E-state index contributed by atoms with van der Waals surface area (Å²) >= 11 is 0.858. The summed E-state index contributed by atoms with van der Waals surface area (Å²) in [6.45, 7) is 7.10. The molecular formula is C30H26BNO2S. The van der Waals surface area contributed by atoms with Crippen LogP contribution in [0, 0.1) is 0 Å². The Morgan fingerprint density at radius 2 is 1.34 bits per heavy atom. The lowest BCUT2D eigenvalue weighted by atomic mass is 9.79. The van der Waals surface area contributed by atoms with Gasteiger partial charge in [-0.3, -0.25) is 0 Å². The smallest absolute Gasteiger partial charge is 0.399 e. The maximum Gasteiger partial charge on any atom is 0.494 e. The monoisotopic (exact) mass is 489 g/mol. The van der Waals surface area contributed by atoms with E-state index in [1.54, 1.807) is 27.7 Å². The van der Waals surface area contributed by atoms with Gasteiger partial charge in [-0.15, -0.1) is 11.3 Å². The SMILES string of the molecule is [2H]c1c([2H])c(-n2c3c([2H])c([2H])c([2H])c([2H])c3c3c([2H])c([2H])c4c(sc5c([2H])c([2H])c([2H])c([2H])c54)c32)c([2H])c([2H])c1B1OC(C)(C)C(C)(C)O1. The summed E-state index contributed by atoms with van der Waals surface area (Å²) in [5, 5.41) is -0.384. The minimum absolute atomic E-state index is 0.0292. The van der Waals surface area contributed by atoms with Gasteiger partial charge < -0.3 is 13.9 Å². The van der Waals surface area contributed by atoms with Crippen LogP contribution < -0.4 is 5.46 Å². The van der Waals surface area contributed by atoms with Crippen molar-refractivity contribution in [2.45, 2.75) is 38.9 Å². The Hall–Kier alpha value is -3.12. The topological polar surface area (TPSA) is 23.4 Å². The van der Waals surface area contributed by atoms with Crippen LogP contribution in [0.5, 0.6) is 0 Å². The lowest BCUT2D eigenvalue weighted by Crippen LogP contribution is -2.41. The first-order chi connectivity index (χ1) is 22.7. The van der Waals surface area contributed by atoms with E-state index in [-0.39, 0.29) is 53.5 Å². The molecule has 1 fully saturated rings. The van der Waals surface area contributed by atoms with Crippen LogP contribution in [0.15, 0.2) is 84.6 Å². The van der Waals surface area contributed by atoms with E-state index < -0.39 is 103 Å². The highest BCUT2D eigenvalue weighted by atomic mass is 32.1. The summed E-state index contributed by atoms with van der Waals surface area (Å²) in [6.07, 6.45) is 0. The van der Waals surface area contributed by atoms with Crippen LogP contribution in [0.25, 0.3) is 47.7 Å². The second kappa shape index (κ2) is 7.20. The second-order valence-corrected chi connectivity index (χ2v) is 10.4. The highest BCUT2D eigenvalue weighted by Crippen LogP contribution is 2.43. The third-order valence-corrected chi connectivity index (χ3v) is 7.92. The zero-order chi connectivity index (χ0) is 36.1. The number of hydrogen-bond donors (Lipinski definition) is 0. The van der Waals surface area contributed by atoms with Crippen LogP contribution in [0.4, 0.5) is 0 Å². The van der Waals surface area contributed by atoms with Gasteiger partial charge in [0.25, 0.3) is 0 Å². The number of hydrogen-bond acceptors (Lipinski definition) is 3. The molecule has 3 heterocycles. The van der Waals surface area contributed by atoms with Gasteiger partial charge in [0.15, 0.2) is 0 Å². The highest BCUT2D eigenvalue weighted by molar-refractivity contribution is 7.26. The quantitative estimate of drug-likeness (QED) is 0.236. The van der Waals surface area contributed by atoms with Gasteiger partial charge in [-0.1, -0.05) is 60.4 Å². The maximum atomic E-state index is 9.21. The average Bonchev–Trinajstić information content (AvgIpc) is 3.66. The number of fused-ring (bicyclic) bond motifs is 7. The van der Waals surface area contributed by atoms with Gasteiger partial charge in [0, 0.05) is 31.9 Å². The van der Waals surface area contributed by atoms with Crippen molar-refractivity contribution in [1.29, 1.82) is 0 Å². The van der Waals surface area contributed by atoms with Crippen molar-refractivity contribution in [3.05, 3.63) is 84.6 Å². The van der Waals surface area contributed by atoms with Gasteiger partial charge in [-0.2, -0.15) is 0 Å². The molecule has 0 atom stereocenters. The third kappa shape index (κ3) is 2.99. The van der Waals surface area contributed by atoms with Crippen molar-refractivity contribution < 1.29 is 28.5 Å². The molecule has 172 valence electrons. The van der Waals surface area contributed by atoms with Crippen molar-refractivity contribution in [1.82, 2.24) is 4.57 Å². The molecule has 1 saturated heterocycles. The molecule has 4 aromatic carbocycles. The van der Waals surface area contributed by atoms with Crippen LogP contribution in [-0.4, -0.2) is 22.9 Å². The molecule has 1 aliphatic heterocycles. The van der Waals surface area contributed by atoms with Crippen LogP contribution in [0.1, 0.15) is 46.9 Å².